The van der Waals surface area contributed by atoms with Crippen molar-refractivity contribution >= 4 is 11.2 Å². The van der Waals surface area contributed by atoms with Crippen molar-refractivity contribution in [3.05, 3.63) is 26.7 Å². The summed E-state index contributed by atoms with van der Waals surface area (Å²) in [6, 6.07) is 0. The first-order chi connectivity index (χ1) is 9.56. The number of rotatable bonds is 1. The predicted octanol–water partition coefficient (Wildman–Crippen LogP) is 0.864. The number of H-pyrrole nitrogens is 1. The molecule has 3 atom stereocenters. The van der Waals surface area contributed by atoms with Gasteiger partial charge in [0.25, 0.3) is 5.56 Å². The van der Waals surface area contributed by atoms with E-state index in [-0.39, 0.29) is 11.2 Å². The second-order valence-electron chi connectivity index (χ2n) is 6.31. The van der Waals surface area contributed by atoms with Gasteiger partial charge >= 0.3 is 5.69 Å². The quantitative estimate of drug-likeness (QED) is 0.838. The first kappa shape index (κ1) is 11.9. The fourth-order valence-electron chi connectivity index (χ4n) is 4.10. The fourth-order valence-corrected chi connectivity index (χ4v) is 4.10. The second-order valence-corrected chi connectivity index (χ2v) is 6.31. The van der Waals surface area contributed by atoms with Crippen LogP contribution in [0.1, 0.15) is 37.4 Å². The topological polar surface area (TPSA) is 72.7 Å². The Balaban J connectivity index is 1.92. The van der Waals surface area contributed by atoms with Crippen LogP contribution in [-0.4, -0.2) is 19.1 Å². The normalized spacial score (nSPS) is 28.6. The summed E-state index contributed by atoms with van der Waals surface area (Å²) >= 11 is 0. The molecule has 0 amide bonds. The van der Waals surface area contributed by atoms with Crippen LogP contribution in [0.5, 0.6) is 0 Å². The molecule has 1 N–H and O–H groups in total. The van der Waals surface area contributed by atoms with Crippen LogP contribution in [0.2, 0.25) is 0 Å². The molecule has 0 radical (unpaired) electrons. The van der Waals surface area contributed by atoms with Gasteiger partial charge in [-0.2, -0.15) is 0 Å². The summed E-state index contributed by atoms with van der Waals surface area (Å²) in [7, 11) is 3.16. The summed E-state index contributed by atoms with van der Waals surface area (Å²) in [5, 5.41) is 0. The van der Waals surface area contributed by atoms with Gasteiger partial charge in [0.1, 0.15) is 11.3 Å². The van der Waals surface area contributed by atoms with E-state index in [1.807, 2.05) is 0 Å². The highest BCUT2D eigenvalue weighted by Gasteiger charge is 2.41. The zero-order valence-corrected chi connectivity index (χ0v) is 11.7. The number of aromatic amines is 1. The van der Waals surface area contributed by atoms with Crippen molar-refractivity contribution in [3.8, 4) is 0 Å². The largest absolute Gasteiger partial charge is 0.336 e. The number of imidazole rings is 1. The zero-order valence-electron chi connectivity index (χ0n) is 11.7. The van der Waals surface area contributed by atoms with Crippen molar-refractivity contribution in [2.45, 2.75) is 31.6 Å². The molecule has 2 fully saturated rings. The highest BCUT2D eigenvalue weighted by Crippen LogP contribution is 2.52. The average molecular weight is 274 g/mol. The summed E-state index contributed by atoms with van der Waals surface area (Å²) in [4.78, 5) is 31.9. The summed E-state index contributed by atoms with van der Waals surface area (Å²) in [5.41, 5.74) is 0.321. The molecule has 0 unspecified atom stereocenters. The average Bonchev–Trinajstić information content (AvgIpc) is 3.15. The van der Waals surface area contributed by atoms with Crippen molar-refractivity contribution in [3.63, 3.8) is 0 Å². The Labute approximate surface area is 115 Å². The lowest BCUT2D eigenvalue weighted by Crippen LogP contribution is -2.36. The number of hydrogen-bond donors (Lipinski definition) is 1. The molecule has 0 aromatic carbocycles. The highest BCUT2D eigenvalue weighted by molar-refractivity contribution is 5.69. The van der Waals surface area contributed by atoms with Crippen molar-refractivity contribution in [1.82, 2.24) is 19.1 Å². The van der Waals surface area contributed by atoms with Gasteiger partial charge < -0.3 is 4.98 Å². The molecule has 106 valence electrons. The van der Waals surface area contributed by atoms with Crippen LogP contribution in [-0.2, 0) is 14.1 Å². The van der Waals surface area contributed by atoms with Gasteiger partial charge in [-0.3, -0.25) is 13.9 Å². The monoisotopic (exact) mass is 274 g/mol. The minimum Gasteiger partial charge on any atom is -0.336 e. The highest BCUT2D eigenvalue weighted by atomic mass is 16.2. The third kappa shape index (κ3) is 1.42. The number of aryl methyl sites for hydroxylation is 1. The van der Waals surface area contributed by atoms with Crippen molar-refractivity contribution in [1.29, 1.82) is 0 Å². The first-order valence-corrected chi connectivity index (χ1v) is 7.22. The number of nitrogens with zero attached hydrogens (tertiary/aromatic N) is 3. The lowest BCUT2D eigenvalue weighted by atomic mass is 9.88. The maximum Gasteiger partial charge on any atom is 0.332 e. The molecule has 0 aliphatic heterocycles. The summed E-state index contributed by atoms with van der Waals surface area (Å²) in [5.74, 6) is 2.85. The molecule has 2 saturated carbocycles. The molecule has 2 aromatic rings. The van der Waals surface area contributed by atoms with Crippen molar-refractivity contribution < 1.29 is 0 Å². The van der Waals surface area contributed by atoms with Crippen LogP contribution in [0.4, 0.5) is 0 Å². The molecule has 2 aromatic heterocycles. The van der Waals surface area contributed by atoms with E-state index in [1.165, 1.54) is 37.3 Å². The van der Waals surface area contributed by atoms with E-state index >= 15 is 0 Å². The van der Waals surface area contributed by atoms with Crippen LogP contribution in [0.25, 0.3) is 11.2 Å². The third-order valence-corrected chi connectivity index (χ3v) is 5.20. The van der Waals surface area contributed by atoms with Gasteiger partial charge in [0.15, 0.2) is 5.65 Å². The number of fused-ring (bicyclic) bond motifs is 3. The zero-order chi connectivity index (χ0) is 14.0. The standard InChI is InChI=1S/C14H18N4O2/c1-17-12-10(13(19)18(2)14(17)20)15-11(16-12)9-6-7-3-4-8(9)5-7/h7-9H,3-6H2,1-2H3,(H,15,16)/t7-,8+,9+/m0/s1. The molecule has 2 aliphatic rings. The molecule has 0 spiro atoms. The smallest absolute Gasteiger partial charge is 0.332 e. The van der Waals surface area contributed by atoms with Crippen LogP contribution in [0.15, 0.2) is 9.59 Å². The minimum atomic E-state index is -0.325. The fraction of sp³-hybridized carbons (Fsp3) is 0.643. The van der Waals surface area contributed by atoms with E-state index in [1.54, 1.807) is 7.05 Å². The predicted molar refractivity (Wildman–Crippen MR) is 74.8 cm³/mol. The molecule has 4 rings (SSSR count). The van der Waals surface area contributed by atoms with E-state index in [0.717, 1.165) is 16.3 Å². The lowest BCUT2D eigenvalue weighted by Gasteiger charge is -2.18. The Morgan fingerprint density at radius 3 is 2.60 bits per heavy atom. The van der Waals surface area contributed by atoms with E-state index in [2.05, 4.69) is 9.97 Å². The number of aromatic nitrogens is 4. The number of nitrogens with one attached hydrogen (secondary N) is 1. The van der Waals surface area contributed by atoms with E-state index in [4.69, 9.17) is 0 Å². The molecule has 2 aliphatic carbocycles. The van der Waals surface area contributed by atoms with Crippen molar-refractivity contribution in [2.24, 2.45) is 25.9 Å². The molecular formula is C14H18N4O2. The summed E-state index contributed by atoms with van der Waals surface area (Å²) in [6.07, 6.45) is 5.06. The maximum absolute atomic E-state index is 12.2. The Kier molecular flexibility index (Phi) is 2.29. The molecular weight excluding hydrogens is 256 g/mol. The van der Waals surface area contributed by atoms with E-state index in [9.17, 15) is 9.59 Å². The van der Waals surface area contributed by atoms with Gasteiger partial charge in [0.05, 0.1) is 0 Å². The van der Waals surface area contributed by atoms with Gasteiger partial charge in [-0.05, 0) is 31.1 Å². The molecule has 6 nitrogen and oxygen atoms in total. The lowest BCUT2D eigenvalue weighted by molar-refractivity contribution is 0.408. The van der Waals surface area contributed by atoms with Crippen molar-refractivity contribution in [2.75, 3.05) is 0 Å². The van der Waals surface area contributed by atoms with Crippen LogP contribution >= 0.6 is 0 Å². The van der Waals surface area contributed by atoms with Crippen LogP contribution in [0.3, 0.4) is 0 Å². The Morgan fingerprint density at radius 2 is 1.95 bits per heavy atom. The van der Waals surface area contributed by atoms with E-state index in [0.29, 0.717) is 23.0 Å². The van der Waals surface area contributed by atoms with Gasteiger partial charge in [0, 0.05) is 20.0 Å². The maximum atomic E-state index is 12.2. The van der Waals surface area contributed by atoms with Gasteiger partial charge in [-0.15, -0.1) is 0 Å². The molecule has 0 saturated heterocycles. The van der Waals surface area contributed by atoms with Gasteiger partial charge in [-0.25, -0.2) is 9.78 Å². The second kappa shape index (κ2) is 3.84. The van der Waals surface area contributed by atoms with Gasteiger partial charge in [0.2, 0.25) is 0 Å². The first-order valence-electron chi connectivity index (χ1n) is 7.22. The molecule has 6 heteroatoms. The number of hydrogen-bond acceptors (Lipinski definition) is 3. The van der Waals surface area contributed by atoms with Crippen LogP contribution < -0.4 is 11.2 Å². The van der Waals surface area contributed by atoms with E-state index < -0.39 is 0 Å². The molecule has 2 heterocycles. The molecule has 2 bridgehead atoms. The van der Waals surface area contributed by atoms with Gasteiger partial charge in [-0.1, -0.05) is 6.42 Å². The Bertz CT molecular complexity index is 813. The van der Waals surface area contributed by atoms with Crippen LogP contribution in [0, 0.1) is 11.8 Å². The summed E-state index contributed by atoms with van der Waals surface area (Å²) in [6.45, 7) is 0. The minimum absolute atomic E-state index is 0.287. The molecule has 20 heavy (non-hydrogen) atoms. The summed E-state index contributed by atoms with van der Waals surface area (Å²) < 4.78 is 2.58. The Morgan fingerprint density at radius 1 is 1.15 bits per heavy atom. The third-order valence-electron chi connectivity index (χ3n) is 5.20. The SMILES string of the molecule is Cn1c(=O)c2[nH]c([C@@H]3C[C@H]4CC[C@@H]3C4)nc2n(C)c1=O. The Hall–Kier alpha value is -1.85.